The number of nitrogens with one attached hydrogen (secondary N) is 1. The van der Waals surface area contributed by atoms with E-state index < -0.39 is 0 Å². The standard InChI is InChI=1S/C31H35N3O2/c1-3-29(35)33-27-18-17-24(22-13-15-23(32)16-14-22)31(36-2)30(27)26-20-34(19-21-9-5-4-6-10-21)28-12-8-7-11-25(26)28/h4-12,17-18,20,22-23H,3,13-16,19,32H2,1-2H3,(H,33,35). The molecule has 0 aliphatic heterocycles. The van der Waals surface area contributed by atoms with Gasteiger partial charge < -0.3 is 20.4 Å². The van der Waals surface area contributed by atoms with Gasteiger partial charge in [0.1, 0.15) is 5.75 Å². The molecule has 1 saturated carbocycles. The van der Waals surface area contributed by atoms with Crippen molar-refractivity contribution in [2.45, 2.75) is 57.5 Å². The van der Waals surface area contributed by atoms with Crippen molar-refractivity contribution < 1.29 is 9.53 Å². The predicted molar refractivity (Wildman–Crippen MR) is 148 cm³/mol. The number of amides is 1. The monoisotopic (exact) mass is 481 g/mol. The summed E-state index contributed by atoms with van der Waals surface area (Å²) < 4.78 is 8.44. The van der Waals surface area contributed by atoms with Gasteiger partial charge in [0.15, 0.2) is 0 Å². The zero-order chi connectivity index (χ0) is 25.1. The molecule has 4 aromatic rings. The Kier molecular flexibility index (Phi) is 7.10. The summed E-state index contributed by atoms with van der Waals surface area (Å²) in [6.45, 7) is 2.64. The molecule has 5 heteroatoms. The van der Waals surface area contributed by atoms with Crippen molar-refractivity contribution in [2.24, 2.45) is 5.73 Å². The molecule has 5 rings (SSSR count). The van der Waals surface area contributed by atoms with Crippen LogP contribution >= 0.6 is 0 Å². The molecule has 186 valence electrons. The van der Waals surface area contributed by atoms with E-state index >= 15 is 0 Å². The molecule has 0 radical (unpaired) electrons. The molecule has 0 atom stereocenters. The van der Waals surface area contributed by atoms with Gasteiger partial charge in [-0.3, -0.25) is 4.79 Å². The van der Waals surface area contributed by atoms with Crippen LogP contribution in [0.4, 0.5) is 5.69 Å². The molecule has 1 fully saturated rings. The number of carbonyl (C=O) groups is 1. The van der Waals surface area contributed by atoms with Gasteiger partial charge in [0.05, 0.1) is 12.8 Å². The number of nitrogens with zero attached hydrogens (tertiary/aromatic N) is 1. The zero-order valence-electron chi connectivity index (χ0n) is 21.2. The molecular weight excluding hydrogens is 446 g/mol. The van der Waals surface area contributed by atoms with Crippen LogP contribution < -0.4 is 15.8 Å². The van der Waals surface area contributed by atoms with Gasteiger partial charge in [-0.15, -0.1) is 0 Å². The van der Waals surface area contributed by atoms with Crippen LogP contribution in [0.3, 0.4) is 0 Å². The third kappa shape index (κ3) is 4.76. The summed E-state index contributed by atoms with van der Waals surface area (Å²) in [6.07, 6.45) is 6.76. The van der Waals surface area contributed by atoms with Crippen LogP contribution in [-0.4, -0.2) is 23.6 Å². The van der Waals surface area contributed by atoms with Gasteiger partial charge in [-0.2, -0.15) is 0 Å². The number of benzene rings is 3. The van der Waals surface area contributed by atoms with Crippen molar-refractivity contribution in [2.75, 3.05) is 12.4 Å². The molecule has 0 unspecified atom stereocenters. The lowest BCUT2D eigenvalue weighted by molar-refractivity contribution is -0.115. The molecule has 36 heavy (non-hydrogen) atoms. The molecule has 3 aromatic carbocycles. The lowest BCUT2D eigenvalue weighted by Crippen LogP contribution is -2.26. The van der Waals surface area contributed by atoms with Crippen molar-refractivity contribution in [1.29, 1.82) is 0 Å². The Morgan fingerprint density at radius 2 is 1.72 bits per heavy atom. The van der Waals surface area contributed by atoms with E-state index in [1.54, 1.807) is 7.11 Å². The van der Waals surface area contributed by atoms with E-state index in [9.17, 15) is 4.79 Å². The van der Waals surface area contributed by atoms with E-state index in [0.717, 1.165) is 65.7 Å². The van der Waals surface area contributed by atoms with Crippen LogP contribution in [0.5, 0.6) is 5.75 Å². The number of fused-ring (bicyclic) bond motifs is 1. The third-order valence-electron chi connectivity index (χ3n) is 7.45. The maximum atomic E-state index is 12.5. The molecule has 1 amide bonds. The highest BCUT2D eigenvalue weighted by molar-refractivity contribution is 6.04. The number of rotatable bonds is 7. The maximum Gasteiger partial charge on any atom is 0.224 e. The van der Waals surface area contributed by atoms with Crippen LogP contribution in [0.15, 0.2) is 72.9 Å². The average molecular weight is 482 g/mol. The lowest BCUT2D eigenvalue weighted by Gasteiger charge is -2.29. The smallest absolute Gasteiger partial charge is 0.224 e. The van der Waals surface area contributed by atoms with Crippen LogP contribution in [0.2, 0.25) is 0 Å². The van der Waals surface area contributed by atoms with Gasteiger partial charge in [-0.05, 0) is 54.9 Å². The third-order valence-corrected chi connectivity index (χ3v) is 7.45. The highest BCUT2D eigenvalue weighted by atomic mass is 16.5. The maximum absolute atomic E-state index is 12.5. The number of anilines is 1. The summed E-state index contributed by atoms with van der Waals surface area (Å²) >= 11 is 0. The number of hydrogen-bond donors (Lipinski definition) is 2. The summed E-state index contributed by atoms with van der Waals surface area (Å²) in [7, 11) is 1.74. The minimum atomic E-state index is -0.0114. The summed E-state index contributed by atoms with van der Waals surface area (Å²) in [5.74, 6) is 1.24. The first-order chi connectivity index (χ1) is 17.6. The Balaban J connectivity index is 1.69. The number of aromatic nitrogens is 1. The van der Waals surface area contributed by atoms with E-state index in [2.05, 4.69) is 76.7 Å². The fourth-order valence-corrected chi connectivity index (χ4v) is 5.54. The normalized spacial score (nSPS) is 17.8. The number of methoxy groups -OCH3 is 1. The van der Waals surface area contributed by atoms with E-state index in [0.29, 0.717) is 12.3 Å². The molecule has 1 aliphatic rings. The predicted octanol–water partition coefficient (Wildman–Crippen LogP) is 6.70. The number of carbonyl (C=O) groups excluding carboxylic acids is 1. The van der Waals surface area contributed by atoms with E-state index in [4.69, 9.17) is 10.5 Å². The second-order valence-corrected chi connectivity index (χ2v) is 9.80. The van der Waals surface area contributed by atoms with Gasteiger partial charge in [-0.25, -0.2) is 0 Å². The topological polar surface area (TPSA) is 69.3 Å². The first kappa shape index (κ1) is 24.1. The highest BCUT2D eigenvalue weighted by Gasteiger charge is 2.27. The number of nitrogens with two attached hydrogens (primary N) is 1. The number of para-hydroxylation sites is 1. The number of ether oxygens (including phenoxy) is 1. The van der Waals surface area contributed by atoms with Crippen LogP contribution in [0.25, 0.3) is 22.0 Å². The lowest BCUT2D eigenvalue weighted by atomic mass is 9.80. The Labute approximate surface area is 213 Å². The van der Waals surface area contributed by atoms with Gasteiger partial charge in [0.2, 0.25) is 5.91 Å². The summed E-state index contributed by atoms with van der Waals surface area (Å²) in [6, 6.07) is 23.4. The molecule has 0 saturated heterocycles. The minimum Gasteiger partial charge on any atom is -0.496 e. The Bertz CT molecular complexity index is 1350. The Morgan fingerprint density at radius 1 is 1.00 bits per heavy atom. The highest BCUT2D eigenvalue weighted by Crippen LogP contribution is 2.47. The van der Waals surface area contributed by atoms with E-state index in [-0.39, 0.29) is 11.9 Å². The molecular formula is C31H35N3O2. The SMILES string of the molecule is CCC(=O)Nc1ccc(C2CCC(N)CC2)c(OC)c1-c1cn(Cc2ccccc2)c2ccccc12. The molecule has 3 N–H and O–H groups in total. The molecule has 0 spiro atoms. The molecule has 0 bridgehead atoms. The fraction of sp³-hybridized carbons (Fsp3) is 0.323. The summed E-state index contributed by atoms with van der Waals surface area (Å²) in [5.41, 5.74) is 12.6. The Hall–Kier alpha value is -3.57. The first-order valence-corrected chi connectivity index (χ1v) is 13.0. The van der Waals surface area contributed by atoms with E-state index in [1.165, 1.54) is 11.1 Å². The van der Waals surface area contributed by atoms with Gasteiger partial charge in [0, 0.05) is 47.2 Å². The molecule has 5 nitrogen and oxygen atoms in total. The fourth-order valence-electron chi connectivity index (χ4n) is 5.54. The van der Waals surface area contributed by atoms with Crippen molar-refractivity contribution in [1.82, 2.24) is 4.57 Å². The first-order valence-electron chi connectivity index (χ1n) is 13.0. The van der Waals surface area contributed by atoms with Crippen LogP contribution in [0.1, 0.15) is 56.1 Å². The van der Waals surface area contributed by atoms with E-state index in [1.807, 2.05) is 13.0 Å². The van der Waals surface area contributed by atoms with Gasteiger partial charge >= 0.3 is 0 Å². The van der Waals surface area contributed by atoms with Gasteiger partial charge in [0.25, 0.3) is 0 Å². The van der Waals surface area contributed by atoms with Gasteiger partial charge in [-0.1, -0.05) is 61.5 Å². The molecule has 1 aromatic heterocycles. The molecule has 1 aliphatic carbocycles. The zero-order valence-corrected chi connectivity index (χ0v) is 21.2. The minimum absolute atomic E-state index is 0.0114. The van der Waals surface area contributed by atoms with Crippen molar-refractivity contribution in [3.63, 3.8) is 0 Å². The summed E-state index contributed by atoms with van der Waals surface area (Å²) in [4.78, 5) is 12.5. The summed E-state index contributed by atoms with van der Waals surface area (Å²) in [5, 5.41) is 4.29. The van der Waals surface area contributed by atoms with Crippen molar-refractivity contribution in [3.8, 4) is 16.9 Å². The van der Waals surface area contributed by atoms with Crippen LogP contribution in [-0.2, 0) is 11.3 Å². The largest absolute Gasteiger partial charge is 0.496 e. The Morgan fingerprint density at radius 3 is 2.44 bits per heavy atom. The quantitative estimate of drug-likeness (QED) is 0.309. The van der Waals surface area contributed by atoms with Crippen molar-refractivity contribution >= 4 is 22.5 Å². The molecule has 1 heterocycles. The second-order valence-electron chi connectivity index (χ2n) is 9.80. The second kappa shape index (κ2) is 10.6. The number of hydrogen-bond acceptors (Lipinski definition) is 3. The average Bonchev–Trinajstić information content (AvgIpc) is 3.27. The van der Waals surface area contributed by atoms with Crippen molar-refractivity contribution in [3.05, 3.63) is 84.1 Å². The van der Waals surface area contributed by atoms with Crippen LogP contribution in [0, 0.1) is 0 Å².